The van der Waals surface area contributed by atoms with Gasteiger partial charge in [-0.3, -0.25) is 14.5 Å². The van der Waals surface area contributed by atoms with Gasteiger partial charge in [0, 0.05) is 18.2 Å². The van der Waals surface area contributed by atoms with E-state index in [1.165, 1.54) is 4.90 Å². The Labute approximate surface area is 189 Å². The molecule has 3 rings (SSSR count). The van der Waals surface area contributed by atoms with Gasteiger partial charge in [-0.25, -0.2) is 4.79 Å². The van der Waals surface area contributed by atoms with Crippen LogP contribution < -0.4 is 10.6 Å². The Kier molecular flexibility index (Phi) is 7.51. The highest BCUT2D eigenvalue weighted by Gasteiger charge is 2.46. The van der Waals surface area contributed by atoms with Crippen molar-refractivity contribution in [2.75, 3.05) is 11.9 Å². The Balaban J connectivity index is 1.86. The van der Waals surface area contributed by atoms with Crippen LogP contribution in [0.2, 0.25) is 0 Å². The number of rotatable bonds is 8. The number of nitrogens with one attached hydrogen (secondary N) is 2. The molecule has 1 aliphatic rings. The lowest BCUT2D eigenvalue weighted by Gasteiger charge is -2.24. The molecule has 0 spiro atoms. The molecule has 1 saturated heterocycles. The minimum Gasteiger partial charge on any atom is -0.438 e. The van der Waals surface area contributed by atoms with Gasteiger partial charge >= 0.3 is 6.09 Å². The lowest BCUT2D eigenvalue weighted by atomic mass is 9.99. The summed E-state index contributed by atoms with van der Waals surface area (Å²) in [5, 5.41) is 5.75. The van der Waals surface area contributed by atoms with Crippen LogP contribution in [0.15, 0.2) is 48.5 Å². The summed E-state index contributed by atoms with van der Waals surface area (Å²) in [6, 6.07) is 14.1. The third-order valence-corrected chi connectivity index (χ3v) is 5.54. The van der Waals surface area contributed by atoms with Gasteiger partial charge in [0.15, 0.2) is 12.1 Å². The maximum absolute atomic E-state index is 13.1. The van der Waals surface area contributed by atoms with Crippen LogP contribution in [0.25, 0.3) is 0 Å². The first-order valence-corrected chi connectivity index (χ1v) is 11.0. The molecule has 1 aliphatic heterocycles. The standard InChI is InChI=1S/C25H31N3O4/c1-5-14-26-24(30)21-22(18-10-12-20(13-11-18)27-23(29)16(2)3)32-25(31)28(21)15-19-9-7-6-8-17(19)4/h6-13,16,21-22H,5,14-15H2,1-4H3,(H,26,30)(H,27,29). The Morgan fingerprint density at radius 3 is 2.41 bits per heavy atom. The fourth-order valence-corrected chi connectivity index (χ4v) is 3.58. The first-order chi connectivity index (χ1) is 15.3. The molecule has 2 aromatic rings. The van der Waals surface area contributed by atoms with Crippen molar-refractivity contribution >= 4 is 23.6 Å². The van der Waals surface area contributed by atoms with Crippen molar-refractivity contribution < 1.29 is 19.1 Å². The van der Waals surface area contributed by atoms with Crippen molar-refractivity contribution in [2.45, 2.75) is 52.8 Å². The summed E-state index contributed by atoms with van der Waals surface area (Å²) in [5.74, 6) is -0.452. The van der Waals surface area contributed by atoms with E-state index in [-0.39, 0.29) is 24.3 Å². The van der Waals surface area contributed by atoms with E-state index in [1.807, 2.05) is 52.0 Å². The Hall–Kier alpha value is -3.35. The van der Waals surface area contributed by atoms with Gasteiger partial charge in [-0.05, 0) is 42.2 Å². The van der Waals surface area contributed by atoms with E-state index in [0.29, 0.717) is 17.8 Å². The van der Waals surface area contributed by atoms with E-state index in [0.717, 1.165) is 17.5 Å². The fraction of sp³-hybridized carbons (Fsp3) is 0.400. The van der Waals surface area contributed by atoms with Crippen LogP contribution in [0, 0.1) is 12.8 Å². The lowest BCUT2D eigenvalue weighted by Crippen LogP contribution is -2.46. The predicted octanol–water partition coefficient (Wildman–Crippen LogP) is 4.18. The van der Waals surface area contributed by atoms with E-state index in [4.69, 9.17) is 4.74 Å². The van der Waals surface area contributed by atoms with E-state index in [1.54, 1.807) is 24.3 Å². The van der Waals surface area contributed by atoms with Gasteiger partial charge in [0.25, 0.3) is 0 Å². The van der Waals surface area contributed by atoms with Crippen molar-refractivity contribution in [1.82, 2.24) is 10.2 Å². The van der Waals surface area contributed by atoms with E-state index < -0.39 is 18.2 Å². The smallest absolute Gasteiger partial charge is 0.411 e. The molecule has 32 heavy (non-hydrogen) atoms. The van der Waals surface area contributed by atoms with Crippen molar-refractivity contribution in [3.05, 3.63) is 65.2 Å². The summed E-state index contributed by atoms with van der Waals surface area (Å²) in [5.41, 5.74) is 3.36. The van der Waals surface area contributed by atoms with Crippen LogP contribution in [-0.4, -0.2) is 35.4 Å². The number of hydrogen-bond donors (Lipinski definition) is 2. The van der Waals surface area contributed by atoms with Crippen LogP contribution in [0.4, 0.5) is 10.5 Å². The predicted molar refractivity (Wildman–Crippen MR) is 123 cm³/mol. The zero-order valence-corrected chi connectivity index (χ0v) is 19.1. The van der Waals surface area contributed by atoms with E-state index >= 15 is 0 Å². The summed E-state index contributed by atoms with van der Waals surface area (Å²) in [7, 11) is 0. The molecule has 2 aromatic carbocycles. The molecule has 0 aromatic heterocycles. The number of nitrogens with zero attached hydrogens (tertiary/aromatic N) is 1. The summed E-state index contributed by atoms with van der Waals surface area (Å²) >= 11 is 0. The van der Waals surface area contributed by atoms with Gasteiger partial charge in [-0.15, -0.1) is 0 Å². The number of hydrogen-bond acceptors (Lipinski definition) is 4. The van der Waals surface area contributed by atoms with Crippen LogP contribution >= 0.6 is 0 Å². The molecule has 170 valence electrons. The summed E-state index contributed by atoms with van der Waals surface area (Å²) in [4.78, 5) is 39.3. The number of amides is 3. The van der Waals surface area contributed by atoms with Crippen molar-refractivity contribution in [2.24, 2.45) is 5.92 Å². The van der Waals surface area contributed by atoms with Gasteiger partial charge in [0.05, 0.1) is 6.54 Å². The first kappa shape index (κ1) is 23.3. The Morgan fingerprint density at radius 2 is 1.78 bits per heavy atom. The van der Waals surface area contributed by atoms with Crippen molar-refractivity contribution in [3.8, 4) is 0 Å². The van der Waals surface area contributed by atoms with Gasteiger partial charge in [-0.1, -0.05) is 57.2 Å². The fourth-order valence-electron chi connectivity index (χ4n) is 3.58. The molecule has 0 bridgehead atoms. The topological polar surface area (TPSA) is 87.7 Å². The lowest BCUT2D eigenvalue weighted by molar-refractivity contribution is -0.126. The average molecular weight is 438 g/mol. The summed E-state index contributed by atoms with van der Waals surface area (Å²) in [6.07, 6.45) is -0.467. The molecule has 7 nitrogen and oxygen atoms in total. The van der Waals surface area contributed by atoms with Gasteiger partial charge in [-0.2, -0.15) is 0 Å². The van der Waals surface area contributed by atoms with Gasteiger partial charge < -0.3 is 15.4 Å². The second-order valence-corrected chi connectivity index (χ2v) is 8.36. The quantitative estimate of drug-likeness (QED) is 0.649. The second kappa shape index (κ2) is 10.3. The molecule has 0 radical (unpaired) electrons. The molecule has 1 heterocycles. The Morgan fingerprint density at radius 1 is 1.09 bits per heavy atom. The van der Waals surface area contributed by atoms with Crippen LogP contribution in [0.1, 0.15) is 50.0 Å². The molecular weight excluding hydrogens is 406 g/mol. The number of benzene rings is 2. The van der Waals surface area contributed by atoms with Crippen LogP contribution in [0.3, 0.4) is 0 Å². The minimum absolute atomic E-state index is 0.0775. The average Bonchev–Trinajstić information content (AvgIpc) is 3.10. The molecule has 2 unspecified atom stereocenters. The van der Waals surface area contributed by atoms with Crippen molar-refractivity contribution in [3.63, 3.8) is 0 Å². The second-order valence-electron chi connectivity index (χ2n) is 8.36. The maximum atomic E-state index is 13.1. The number of carbonyl (C=O) groups is 3. The van der Waals surface area contributed by atoms with E-state index in [2.05, 4.69) is 10.6 Å². The monoisotopic (exact) mass is 437 g/mol. The summed E-state index contributed by atoms with van der Waals surface area (Å²) in [6.45, 7) is 8.41. The highest BCUT2D eigenvalue weighted by molar-refractivity contribution is 5.92. The molecule has 2 N–H and O–H groups in total. The minimum atomic E-state index is -0.787. The van der Waals surface area contributed by atoms with Crippen molar-refractivity contribution in [1.29, 1.82) is 0 Å². The largest absolute Gasteiger partial charge is 0.438 e. The molecular formula is C25H31N3O4. The Bertz CT molecular complexity index is 971. The number of cyclic esters (lactones) is 1. The maximum Gasteiger partial charge on any atom is 0.411 e. The third-order valence-electron chi connectivity index (χ3n) is 5.54. The molecule has 0 aliphatic carbocycles. The molecule has 0 saturated carbocycles. The molecule has 2 atom stereocenters. The van der Waals surface area contributed by atoms with Gasteiger partial charge in [0.1, 0.15) is 0 Å². The SMILES string of the molecule is CCCNC(=O)C1C(c2ccc(NC(=O)C(C)C)cc2)OC(=O)N1Cc1ccccc1C. The zero-order valence-electron chi connectivity index (χ0n) is 19.1. The number of carbonyl (C=O) groups excluding carboxylic acids is 3. The number of aryl methyl sites for hydroxylation is 1. The molecule has 7 heteroatoms. The third kappa shape index (κ3) is 5.28. The first-order valence-electron chi connectivity index (χ1n) is 11.0. The van der Waals surface area contributed by atoms with Gasteiger partial charge in [0.2, 0.25) is 11.8 Å². The highest BCUT2D eigenvalue weighted by atomic mass is 16.6. The number of anilines is 1. The number of ether oxygens (including phenoxy) is 1. The van der Waals surface area contributed by atoms with E-state index in [9.17, 15) is 14.4 Å². The molecule has 3 amide bonds. The van der Waals surface area contributed by atoms with Crippen LogP contribution in [0.5, 0.6) is 0 Å². The zero-order chi connectivity index (χ0) is 23.3. The highest BCUT2D eigenvalue weighted by Crippen LogP contribution is 2.34. The van der Waals surface area contributed by atoms with Crippen LogP contribution in [-0.2, 0) is 20.9 Å². The summed E-state index contributed by atoms with van der Waals surface area (Å²) < 4.78 is 5.68. The normalized spacial score (nSPS) is 17.9. The molecule has 1 fully saturated rings.